The van der Waals surface area contributed by atoms with E-state index in [1.165, 1.54) is 18.2 Å². The zero-order chi connectivity index (χ0) is 15.4. The Morgan fingerprint density at radius 1 is 1.33 bits per heavy atom. The summed E-state index contributed by atoms with van der Waals surface area (Å²) in [6.07, 6.45) is 3.41. The van der Waals surface area contributed by atoms with Crippen LogP contribution in [0.15, 0.2) is 18.2 Å². The molecule has 2 rings (SSSR count). The van der Waals surface area contributed by atoms with Crippen LogP contribution in [0.5, 0.6) is 0 Å². The van der Waals surface area contributed by atoms with Gasteiger partial charge in [-0.05, 0) is 59.5 Å². The number of carbonyl (C=O) groups is 2. The largest absolute Gasteiger partial charge is 0.481 e. The summed E-state index contributed by atoms with van der Waals surface area (Å²) >= 11 is 1.92. The average Bonchev–Trinajstić information content (AvgIpc) is 2.45. The van der Waals surface area contributed by atoms with Gasteiger partial charge in [-0.25, -0.2) is 4.39 Å². The van der Waals surface area contributed by atoms with E-state index in [4.69, 9.17) is 0 Å². The third-order valence-electron chi connectivity index (χ3n) is 3.93. The predicted octanol–water partition coefficient (Wildman–Crippen LogP) is 3.05. The van der Waals surface area contributed by atoms with E-state index in [1.54, 1.807) is 0 Å². The maximum absolute atomic E-state index is 13.0. The number of amides is 1. The molecule has 1 fully saturated rings. The van der Waals surface area contributed by atoms with Gasteiger partial charge >= 0.3 is 5.97 Å². The highest BCUT2D eigenvalue weighted by atomic mass is 127. The van der Waals surface area contributed by atoms with E-state index in [-0.39, 0.29) is 23.6 Å². The van der Waals surface area contributed by atoms with Crippen LogP contribution >= 0.6 is 22.6 Å². The van der Waals surface area contributed by atoms with Crippen molar-refractivity contribution < 1.29 is 19.1 Å². The molecular weight excluding hydrogens is 388 g/mol. The Bertz CT molecular complexity index is 550. The highest BCUT2D eigenvalue weighted by molar-refractivity contribution is 14.1. The summed E-state index contributed by atoms with van der Waals surface area (Å²) in [5.41, 5.74) is 0.416. The molecule has 0 aliphatic heterocycles. The first-order valence-corrected chi connectivity index (χ1v) is 8.03. The minimum atomic E-state index is -0.787. The van der Waals surface area contributed by atoms with E-state index >= 15 is 0 Å². The molecule has 1 aromatic carbocycles. The van der Waals surface area contributed by atoms with Crippen molar-refractivity contribution in [1.82, 2.24) is 5.32 Å². The monoisotopic (exact) mass is 405 g/mol. The van der Waals surface area contributed by atoms with Crippen LogP contribution in [0.3, 0.4) is 0 Å². The van der Waals surface area contributed by atoms with Crippen LogP contribution in [-0.2, 0) is 4.79 Å². The molecule has 2 atom stereocenters. The summed E-state index contributed by atoms with van der Waals surface area (Å²) in [6, 6.07) is 4.00. The molecule has 0 radical (unpaired) electrons. The Labute approximate surface area is 136 Å². The second-order valence-corrected chi connectivity index (χ2v) is 6.49. The number of hydrogen-bond donors (Lipinski definition) is 2. The first-order chi connectivity index (χ1) is 9.99. The first kappa shape index (κ1) is 16.2. The van der Waals surface area contributed by atoms with E-state index in [0.29, 0.717) is 22.1 Å². The normalized spacial score (nSPS) is 21.8. The number of halogens is 2. The summed E-state index contributed by atoms with van der Waals surface area (Å²) in [5, 5.41) is 12.0. The van der Waals surface area contributed by atoms with E-state index in [2.05, 4.69) is 5.32 Å². The lowest BCUT2D eigenvalue weighted by molar-refractivity contribution is -0.144. The zero-order valence-corrected chi connectivity index (χ0v) is 13.6. The number of carboxylic acids is 1. The Hall–Kier alpha value is -1.18. The van der Waals surface area contributed by atoms with Crippen LogP contribution in [0.4, 0.5) is 4.39 Å². The van der Waals surface area contributed by atoms with E-state index in [0.717, 1.165) is 19.3 Å². The maximum Gasteiger partial charge on any atom is 0.306 e. The highest BCUT2D eigenvalue weighted by Gasteiger charge is 2.30. The summed E-state index contributed by atoms with van der Waals surface area (Å²) < 4.78 is 13.6. The second kappa shape index (κ2) is 7.20. The topological polar surface area (TPSA) is 66.4 Å². The molecule has 6 heteroatoms. The molecule has 0 spiro atoms. The van der Waals surface area contributed by atoms with Crippen molar-refractivity contribution in [3.05, 3.63) is 33.1 Å². The van der Waals surface area contributed by atoms with Crippen LogP contribution in [0.2, 0.25) is 0 Å². The standard InChI is InChI=1S/C15H17FINO3/c16-10-5-6-12(13(17)7-10)14(19)18-8-9-3-1-2-4-11(9)15(20)21/h5-7,9,11H,1-4,8H2,(H,18,19)(H,20,21). The molecule has 1 aromatic rings. The van der Waals surface area contributed by atoms with Crippen molar-refractivity contribution in [1.29, 1.82) is 0 Å². The van der Waals surface area contributed by atoms with Crippen molar-refractivity contribution in [2.45, 2.75) is 25.7 Å². The zero-order valence-electron chi connectivity index (χ0n) is 11.4. The SMILES string of the molecule is O=C(NCC1CCCCC1C(=O)O)c1ccc(F)cc1I. The molecule has 21 heavy (non-hydrogen) atoms. The molecule has 2 N–H and O–H groups in total. The molecule has 2 unspecified atom stereocenters. The van der Waals surface area contributed by atoms with Gasteiger partial charge in [0.2, 0.25) is 0 Å². The molecule has 114 valence electrons. The molecule has 0 bridgehead atoms. The van der Waals surface area contributed by atoms with Gasteiger partial charge in [-0.1, -0.05) is 12.8 Å². The number of carboxylic acid groups (broad SMARTS) is 1. The molecule has 1 saturated carbocycles. The minimum absolute atomic E-state index is 0.0293. The van der Waals surface area contributed by atoms with Gasteiger partial charge in [0.05, 0.1) is 11.5 Å². The molecule has 4 nitrogen and oxygen atoms in total. The smallest absolute Gasteiger partial charge is 0.306 e. The Kier molecular flexibility index (Phi) is 5.55. The van der Waals surface area contributed by atoms with Gasteiger partial charge in [-0.2, -0.15) is 0 Å². The van der Waals surface area contributed by atoms with Crippen LogP contribution in [0, 0.1) is 21.2 Å². The second-order valence-electron chi connectivity index (χ2n) is 5.32. The fourth-order valence-corrected chi connectivity index (χ4v) is 3.49. The average molecular weight is 405 g/mol. The van der Waals surface area contributed by atoms with Gasteiger partial charge in [0.15, 0.2) is 0 Å². The summed E-state index contributed by atoms with van der Waals surface area (Å²) in [4.78, 5) is 23.3. The molecule has 0 heterocycles. The lowest BCUT2D eigenvalue weighted by Gasteiger charge is -2.28. The van der Waals surface area contributed by atoms with Gasteiger partial charge in [-0.3, -0.25) is 9.59 Å². The lowest BCUT2D eigenvalue weighted by atomic mass is 9.79. The van der Waals surface area contributed by atoms with E-state index in [1.807, 2.05) is 22.6 Å². The third kappa shape index (κ3) is 4.15. The molecule has 1 aliphatic carbocycles. The molecular formula is C15H17FINO3. The lowest BCUT2D eigenvalue weighted by Crippen LogP contribution is -2.37. The quantitative estimate of drug-likeness (QED) is 0.757. The number of rotatable bonds is 4. The number of nitrogens with one attached hydrogen (secondary N) is 1. The number of carbonyl (C=O) groups excluding carboxylic acids is 1. The number of aliphatic carboxylic acids is 1. The summed E-state index contributed by atoms with van der Waals surface area (Å²) in [5.74, 6) is -1.86. The summed E-state index contributed by atoms with van der Waals surface area (Å²) in [6.45, 7) is 0.350. The van der Waals surface area contributed by atoms with Crippen molar-refractivity contribution >= 4 is 34.5 Å². The maximum atomic E-state index is 13.0. The summed E-state index contributed by atoms with van der Waals surface area (Å²) in [7, 11) is 0. The number of hydrogen-bond acceptors (Lipinski definition) is 2. The predicted molar refractivity (Wildman–Crippen MR) is 84.5 cm³/mol. The van der Waals surface area contributed by atoms with Gasteiger partial charge in [0.25, 0.3) is 5.91 Å². The minimum Gasteiger partial charge on any atom is -0.481 e. The molecule has 0 saturated heterocycles. The van der Waals surface area contributed by atoms with E-state index < -0.39 is 5.97 Å². The highest BCUT2D eigenvalue weighted by Crippen LogP contribution is 2.29. The van der Waals surface area contributed by atoms with Crippen LogP contribution < -0.4 is 5.32 Å². The Morgan fingerprint density at radius 3 is 2.71 bits per heavy atom. The molecule has 0 aromatic heterocycles. The van der Waals surface area contributed by atoms with Crippen molar-refractivity contribution in [2.75, 3.05) is 6.54 Å². The third-order valence-corrected chi connectivity index (χ3v) is 4.82. The van der Waals surface area contributed by atoms with Crippen LogP contribution in [0.25, 0.3) is 0 Å². The van der Waals surface area contributed by atoms with Crippen molar-refractivity contribution in [2.24, 2.45) is 11.8 Å². The van der Waals surface area contributed by atoms with Gasteiger partial charge in [0.1, 0.15) is 5.82 Å². The van der Waals surface area contributed by atoms with Crippen molar-refractivity contribution in [3.8, 4) is 0 Å². The first-order valence-electron chi connectivity index (χ1n) is 6.95. The van der Waals surface area contributed by atoms with E-state index in [9.17, 15) is 19.1 Å². The Balaban J connectivity index is 1.98. The van der Waals surface area contributed by atoms with Gasteiger partial charge in [0, 0.05) is 10.1 Å². The van der Waals surface area contributed by atoms with Crippen LogP contribution in [-0.4, -0.2) is 23.5 Å². The van der Waals surface area contributed by atoms with Gasteiger partial charge < -0.3 is 10.4 Å². The molecule has 1 amide bonds. The van der Waals surface area contributed by atoms with Crippen molar-refractivity contribution in [3.63, 3.8) is 0 Å². The fraction of sp³-hybridized carbons (Fsp3) is 0.467. The van der Waals surface area contributed by atoms with Gasteiger partial charge in [-0.15, -0.1) is 0 Å². The number of benzene rings is 1. The molecule has 1 aliphatic rings. The van der Waals surface area contributed by atoms with Crippen LogP contribution in [0.1, 0.15) is 36.0 Å². The fourth-order valence-electron chi connectivity index (χ4n) is 2.77. The Morgan fingerprint density at radius 2 is 2.05 bits per heavy atom.